The number of carbonyl (C=O) groups is 4. The van der Waals surface area contributed by atoms with Gasteiger partial charge in [0.05, 0.1) is 5.56 Å². The zero-order valence-electron chi connectivity index (χ0n) is 12.0. The molecular formula is C16H10O8. The maximum Gasteiger partial charge on any atom is 0.340 e. The molecule has 0 unspecified atom stereocenters. The maximum atomic E-state index is 11.6. The minimum Gasteiger partial charge on any atom is -0.478 e. The summed E-state index contributed by atoms with van der Waals surface area (Å²) in [6.45, 7) is 3.14. The van der Waals surface area contributed by atoms with Crippen molar-refractivity contribution in [3.63, 3.8) is 0 Å². The van der Waals surface area contributed by atoms with Crippen molar-refractivity contribution >= 4 is 34.6 Å². The molecule has 8 heteroatoms. The van der Waals surface area contributed by atoms with Crippen molar-refractivity contribution < 1.29 is 39.2 Å². The highest BCUT2D eigenvalue weighted by Crippen LogP contribution is 2.36. The first-order valence-corrected chi connectivity index (χ1v) is 6.42. The molecule has 0 fully saturated rings. The van der Waals surface area contributed by atoms with Crippen molar-refractivity contribution in [1.82, 2.24) is 0 Å². The molecule has 0 radical (unpaired) electrons. The lowest BCUT2D eigenvalue weighted by Gasteiger charge is -2.15. The molecule has 2 aromatic rings. The summed E-state index contributed by atoms with van der Waals surface area (Å²) in [6.07, 6.45) is 0.701. The summed E-state index contributed by atoms with van der Waals surface area (Å²) < 4.78 is 4.77. The number of hydrogen-bond acceptors (Lipinski definition) is 5. The first kappa shape index (κ1) is 16.7. The number of ether oxygens (including phenoxy) is 1. The second kappa shape index (κ2) is 6.21. The van der Waals surface area contributed by atoms with E-state index in [-0.39, 0.29) is 10.8 Å². The van der Waals surface area contributed by atoms with E-state index < -0.39 is 46.3 Å². The number of fused-ring (bicyclic) bond motifs is 1. The molecule has 0 atom stereocenters. The molecule has 0 amide bonds. The van der Waals surface area contributed by atoms with Gasteiger partial charge in [-0.25, -0.2) is 19.2 Å². The molecule has 8 nitrogen and oxygen atoms in total. The van der Waals surface area contributed by atoms with Crippen LogP contribution < -0.4 is 4.74 Å². The Bertz CT molecular complexity index is 910. The second-order valence-corrected chi connectivity index (χ2v) is 4.54. The van der Waals surface area contributed by atoms with Gasteiger partial charge in [-0.2, -0.15) is 0 Å². The van der Waals surface area contributed by atoms with E-state index in [1.807, 2.05) is 0 Å². The molecule has 0 aromatic heterocycles. The van der Waals surface area contributed by atoms with E-state index >= 15 is 0 Å². The third-order valence-electron chi connectivity index (χ3n) is 3.18. The third kappa shape index (κ3) is 2.68. The molecule has 0 aliphatic carbocycles. The Morgan fingerprint density at radius 2 is 1.29 bits per heavy atom. The van der Waals surface area contributed by atoms with E-state index in [0.717, 1.165) is 0 Å². The van der Waals surface area contributed by atoms with E-state index in [1.165, 1.54) is 24.3 Å². The highest BCUT2D eigenvalue weighted by Gasteiger charge is 2.32. The smallest absolute Gasteiger partial charge is 0.340 e. The molecule has 0 bridgehead atoms. The minimum atomic E-state index is -1.74. The fourth-order valence-electron chi connectivity index (χ4n) is 2.30. The van der Waals surface area contributed by atoms with Gasteiger partial charge in [0.25, 0.3) is 0 Å². The van der Waals surface area contributed by atoms with Gasteiger partial charge in [-0.1, -0.05) is 30.8 Å². The standard InChI is InChI=1S/C16H10O8/c1-2-9(17)24-13-11(15(20)21)8-6-4-3-5-7(8)10(14(18)19)12(13)16(22)23/h2-6H,1H2,(H,18,19)(H,20,21)(H,22,23). The van der Waals surface area contributed by atoms with Crippen molar-refractivity contribution in [2.75, 3.05) is 0 Å². The van der Waals surface area contributed by atoms with Gasteiger partial charge in [0.2, 0.25) is 0 Å². The number of esters is 1. The fourth-order valence-corrected chi connectivity index (χ4v) is 2.30. The Kier molecular flexibility index (Phi) is 4.32. The lowest BCUT2D eigenvalue weighted by atomic mass is 9.93. The van der Waals surface area contributed by atoms with Crippen LogP contribution in [0, 0.1) is 0 Å². The first-order chi connectivity index (χ1) is 11.3. The number of aromatic carboxylic acids is 3. The predicted molar refractivity (Wildman–Crippen MR) is 80.7 cm³/mol. The summed E-state index contributed by atoms with van der Waals surface area (Å²) in [6, 6.07) is 5.44. The van der Waals surface area contributed by atoms with Crippen LogP contribution in [0.4, 0.5) is 0 Å². The Morgan fingerprint density at radius 1 is 0.833 bits per heavy atom. The quantitative estimate of drug-likeness (QED) is 0.430. The minimum absolute atomic E-state index is 0.0701. The van der Waals surface area contributed by atoms with Crippen molar-refractivity contribution in [3.8, 4) is 5.75 Å². The van der Waals surface area contributed by atoms with Crippen molar-refractivity contribution in [2.24, 2.45) is 0 Å². The van der Waals surface area contributed by atoms with E-state index in [2.05, 4.69) is 6.58 Å². The number of hydrogen-bond donors (Lipinski definition) is 3. The molecule has 0 saturated heterocycles. The Balaban J connectivity index is 3.11. The number of carbonyl (C=O) groups excluding carboxylic acids is 1. The number of benzene rings is 2. The molecule has 0 heterocycles. The number of carboxylic acids is 3. The molecule has 2 aromatic carbocycles. The normalized spacial score (nSPS) is 10.2. The van der Waals surface area contributed by atoms with Gasteiger partial charge in [-0.3, -0.25) is 0 Å². The van der Waals surface area contributed by atoms with Crippen LogP contribution in [-0.2, 0) is 4.79 Å². The van der Waals surface area contributed by atoms with Gasteiger partial charge in [0.15, 0.2) is 5.75 Å². The van der Waals surface area contributed by atoms with Crippen LogP contribution >= 0.6 is 0 Å². The van der Waals surface area contributed by atoms with Gasteiger partial charge < -0.3 is 20.1 Å². The average molecular weight is 330 g/mol. The maximum absolute atomic E-state index is 11.6. The van der Waals surface area contributed by atoms with Gasteiger partial charge in [0.1, 0.15) is 11.1 Å². The Hall–Kier alpha value is -3.68. The SMILES string of the molecule is C=CC(=O)Oc1c(C(=O)O)c(C(=O)O)c2ccccc2c1C(=O)O. The summed E-state index contributed by atoms with van der Waals surface area (Å²) >= 11 is 0. The number of rotatable bonds is 5. The molecule has 3 N–H and O–H groups in total. The summed E-state index contributed by atoms with van der Waals surface area (Å²) in [5, 5.41) is 28.0. The van der Waals surface area contributed by atoms with Gasteiger partial charge in [0, 0.05) is 11.5 Å². The third-order valence-corrected chi connectivity index (χ3v) is 3.18. The topological polar surface area (TPSA) is 138 Å². The summed E-state index contributed by atoms with van der Waals surface area (Å²) in [4.78, 5) is 46.2. The van der Waals surface area contributed by atoms with Crippen LogP contribution in [0.1, 0.15) is 31.1 Å². The van der Waals surface area contributed by atoms with E-state index in [1.54, 1.807) is 0 Å². The predicted octanol–water partition coefficient (Wildman–Crippen LogP) is 2.03. The van der Waals surface area contributed by atoms with Gasteiger partial charge in [-0.05, 0) is 5.39 Å². The summed E-state index contributed by atoms with van der Waals surface area (Å²) in [5.74, 6) is -6.89. The monoisotopic (exact) mass is 330 g/mol. The molecule has 0 saturated carbocycles. The molecule has 122 valence electrons. The van der Waals surface area contributed by atoms with Crippen LogP contribution in [0.2, 0.25) is 0 Å². The van der Waals surface area contributed by atoms with Crippen LogP contribution in [0.15, 0.2) is 36.9 Å². The van der Waals surface area contributed by atoms with Crippen LogP contribution in [0.3, 0.4) is 0 Å². The highest BCUT2D eigenvalue weighted by atomic mass is 16.5. The summed E-state index contributed by atoms with van der Waals surface area (Å²) in [7, 11) is 0. The van der Waals surface area contributed by atoms with Crippen LogP contribution in [0.25, 0.3) is 10.8 Å². The molecule has 0 aliphatic rings. The highest BCUT2D eigenvalue weighted by molar-refractivity contribution is 6.19. The first-order valence-electron chi connectivity index (χ1n) is 6.42. The largest absolute Gasteiger partial charge is 0.478 e. The van der Waals surface area contributed by atoms with E-state index in [4.69, 9.17) is 4.74 Å². The molecule has 2 rings (SSSR count). The van der Waals surface area contributed by atoms with Gasteiger partial charge >= 0.3 is 23.9 Å². The zero-order chi connectivity index (χ0) is 18.0. The van der Waals surface area contributed by atoms with Crippen molar-refractivity contribution in [1.29, 1.82) is 0 Å². The lowest BCUT2D eigenvalue weighted by Crippen LogP contribution is -2.18. The average Bonchev–Trinajstić information content (AvgIpc) is 2.52. The van der Waals surface area contributed by atoms with E-state index in [0.29, 0.717) is 6.08 Å². The second-order valence-electron chi connectivity index (χ2n) is 4.54. The lowest BCUT2D eigenvalue weighted by molar-refractivity contribution is -0.129. The van der Waals surface area contributed by atoms with Crippen LogP contribution in [-0.4, -0.2) is 39.2 Å². The zero-order valence-corrected chi connectivity index (χ0v) is 12.0. The molecule has 0 spiro atoms. The van der Waals surface area contributed by atoms with Crippen LogP contribution in [0.5, 0.6) is 5.75 Å². The Labute approximate surface area is 134 Å². The molecule has 0 aliphatic heterocycles. The molecule has 24 heavy (non-hydrogen) atoms. The Morgan fingerprint density at radius 3 is 1.71 bits per heavy atom. The van der Waals surface area contributed by atoms with Crippen molar-refractivity contribution in [2.45, 2.75) is 0 Å². The number of carboxylic acid groups (broad SMARTS) is 3. The van der Waals surface area contributed by atoms with E-state index in [9.17, 15) is 34.5 Å². The van der Waals surface area contributed by atoms with Gasteiger partial charge in [-0.15, -0.1) is 0 Å². The fraction of sp³-hybridized carbons (Fsp3) is 0. The van der Waals surface area contributed by atoms with Crippen molar-refractivity contribution in [3.05, 3.63) is 53.6 Å². The summed E-state index contributed by atoms with van der Waals surface area (Å²) in [5.41, 5.74) is -2.22. The molecular weight excluding hydrogens is 320 g/mol.